The quantitative estimate of drug-likeness (QED) is 0.780. The highest BCUT2D eigenvalue weighted by Gasteiger charge is 2.19. The molecule has 0 fully saturated rings. The molecule has 106 valence electrons. The van der Waals surface area contributed by atoms with Gasteiger partial charge in [0.1, 0.15) is 0 Å². The Labute approximate surface area is 129 Å². The zero-order valence-electron chi connectivity index (χ0n) is 11.5. The summed E-state index contributed by atoms with van der Waals surface area (Å²) in [4.78, 5) is 13.4. The van der Waals surface area contributed by atoms with E-state index in [0.29, 0.717) is 6.42 Å². The first-order valence-electron chi connectivity index (χ1n) is 6.76. The fourth-order valence-electron chi connectivity index (χ4n) is 2.06. The highest BCUT2D eigenvalue weighted by Crippen LogP contribution is 2.22. The van der Waals surface area contributed by atoms with E-state index in [-0.39, 0.29) is 17.2 Å². The van der Waals surface area contributed by atoms with Gasteiger partial charge in [0.05, 0.1) is 11.3 Å². The average Bonchev–Trinajstić information content (AvgIpc) is 2.99. The number of carbonyl (C=O) groups is 1. The van der Waals surface area contributed by atoms with Crippen LogP contribution in [0.25, 0.3) is 0 Å². The van der Waals surface area contributed by atoms with Gasteiger partial charge in [-0.25, -0.2) is 0 Å². The van der Waals surface area contributed by atoms with Crippen LogP contribution in [0, 0.1) is 0 Å². The molecule has 1 aromatic carbocycles. The molecule has 2 aromatic rings. The van der Waals surface area contributed by atoms with E-state index in [0.717, 1.165) is 12.0 Å². The van der Waals surface area contributed by atoms with Crippen molar-refractivity contribution in [1.82, 2.24) is 5.32 Å². The lowest BCUT2D eigenvalue weighted by molar-refractivity contribution is -0.121. The fourth-order valence-corrected chi connectivity index (χ4v) is 3.21. The molecule has 1 aromatic heterocycles. The van der Waals surface area contributed by atoms with Gasteiger partial charge >= 0.3 is 0 Å². The van der Waals surface area contributed by atoms with Crippen molar-refractivity contribution < 1.29 is 4.79 Å². The molecule has 0 radical (unpaired) electrons. The normalized spacial score (nSPS) is 13.7. The maximum atomic E-state index is 12.2. The Hall–Kier alpha value is -1.26. The maximum absolute atomic E-state index is 12.2. The number of carbonyl (C=O) groups excluding carboxylic acids is 1. The highest BCUT2D eigenvalue weighted by molar-refractivity contribution is 7.81. The lowest BCUT2D eigenvalue weighted by atomic mass is 10.1. The van der Waals surface area contributed by atoms with Crippen molar-refractivity contribution in [3.8, 4) is 0 Å². The second-order valence-corrected chi connectivity index (χ2v) is 6.29. The third-order valence-electron chi connectivity index (χ3n) is 3.19. The van der Waals surface area contributed by atoms with Crippen molar-refractivity contribution >= 4 is 29.9 Å². The van der Waals surface area contributed by atoms with Crippen molar-refractivity contribution in [3.63, 3.8) is 0 Å². The molecule has 0 saturated carbocycles. The van der Waals surface area contributed by atoms with Gasteiger partial charge in [-0.1, -0.05) is 43.3 Å². The zero-order chi connectivity index (χ0) is 14.4. The van der Waals surface area contributed by atoms with E-state index in [1.807, 2.05) is 41.8 Å². The predicted molar refractivity (Wildman–Crippen MR) is 88.4 cm³/mol. The van der Waals surface area contributed by atoms with Gasteiger partial charge in [0.25, 0.3) is 0 Å². The summed E-state index contributed by atoms with van der Waals surface area (Å²) in [5.74, 6) is -0.00237. The van der Waals surface area contributed by atoms with Crippen LogP contribution >= 0.6 is 24.0 Å². The monoisotopic (exact) mass is 305 g/mol. The number of rotatable bonds is 6. The van der Waals surface area contributed by atoms with Crippen molar-refractivity contribution in [1.29, 1.82) is 0 Å². The number of benzene rings is 1. The van der Waals surface area contributed by atoms with Gasteiger partial charge in [-0.2, -0.15) is 12.6 Å². The standard InChI is InChI=1S/C16H19NOS2/c1-2-13(15-9-6-10-20-15)17-16(18)14(19)11-12-7-4-3-5-8-12/h3-10,13-14,19H,2,11H2,1H3,(H,17,18). The van der Waals surface area contributed by atoms with Crippen LogP contribution in [-0.4, -0.2) is 11.2 Å². The third kappa shape index (κ3) is 4.12. The van der Waals surface area contributed by atoms with Crippen LogP contribution in [0.15, 0.2) is 47.8 Å². The second kappa shape index (κ2) is 7.50. The maximum Gasteiger partial charge on any atom is 0.233 e. The number of nitrogens with one attached hydrogen (secondary N) is 1. The van der Waals surface area contributed by atoms with Crippen LogP contribution in [0.2, 0.25) is 0 Å². The molecule has 1 N–H and O–H groups in total. The lowest BCUT2D eigenvalue weighted by Crippen LogP contribution is -2.35. The van der Waals surface area contributed by atoms with Crippen LogP contribution < -0.4 is 5.32 Å². The summed E-state index contributed by atoms with van der Waals surface area (Å²) in [6.07, 6.45) is 1.54. The van der Waals surface area contributed by atoms with Crippen molar-refractivity contribution in [3.05, 3.63) is 58.3 Å². The SMILES string of the molecule is CCC(NC(=O)C(S)Cc1ccccc1)c1cccs1. The molecule has 1 heterocycles. The van der Waals surface area contributed by atoms with Crippen molar-refractivity contribution in [2.45, 2.75) is 31.1 Å². The van der Waals surface area contributed by atoms with Crippen LogP contribution in [0.1, 0.15) is 29.8 Å². The molecule has 4 heteroatoms. The number of hydrogen-bond acceptors (Lipinski definition) is 3. The Morgan fingerprint density at radius 2 is 2.00 bits per heavy atom. The first-order chi connectivity index (χ1) is 9.70. The molecule has 0 aliphatic heterocycles. The van der Waals surface area contributed by atoms with Crippen LogP contribution in [0.5, 0.6) is 0 Å². The summed E-state index contributed by atoms with van der Waals surface area (Å²) in [6.45, 7) is 2.08. The largest absolute Gasteiger partial charge is 0.348 e. The minimum atomic E-state index is -0.314. The minimum Gasteiger partial charge on any atom is -0.348 e. The van der Waals surface area contributed by atoms with E-state index in [4.69, 9.17) is 0 Å². The molecule has 20 heavy (non-hydrogen) atoms. The minimum absolute atomic E-state index is 0.00237. The predicted octanol–water partition coefficient (Wildman–Crippen LogP) is 3.86. The van der Waals surface area contributed by atoms with Crippen LogP contribution in [0.4, 0.5) is 0 Å². The van der Waals surface area contributed by atoms with Crippen LogP contribution in [0.3, 0.4) is 0 Å². The topological polar surface area (TPSA) is 29.1 Å². The van der Waals surface area contributed by atoms with Gasteiger partial charge in [0, 0.05) is 4.88 Å². The van der Waals surface area contributed by atoms with E-state index in [9.17, 15) is 4.79 Å². The molecule has 0 saturated heterocycles. The van der Waals surface area contributed by atoms with E-state index < -0.39 is 0 Å². The van der Waals surface area contributed by atoms with E-state index in [2.05, 4.69) is 30.9 Å². The van der Waals surface area contributed by atoms with Crippen molar-refractivity contribution in [2.75, 3.05) is 0 Å². The molecule has 1 amide bonds. The molecule has 2 atom stereocenters. The molecule has 0 aliphatic rings. The fraction of sp³-hybridized carbons (Fsp3) is 0.312. The summed E-state index contributed by atoms with van der Waals surface area (Å²) in [5, 5.41) is 4.80. The molecule has 0 spiro atoms. The zero-order valence-corrected chi connectivity index (χ0v) is 13.2. The number of amides is 1. The van der Waals surface area contributed by atoms with E-state index in [1.165, 1.54) is 4.88 Å². The van der Waals surface area contributed by atoms with Gasteiger partial charge in [0.2, 0.25) is 5.91 Å². The second-order valence-electron chi connectivity index (χ2n) is 4.69. The number of thiol groups is 1. The summed E-state index contributed by atoms with van der Waals surface area (Å²) in [7, 11) is 0. The Morgan fingerprint density at radius 1 is 1.25 bits per heavy atom. The first kappa shape index (κ1) is 15.1. The first-order valence-corrected chi connectivity index (χ1v) is 8.16. The van der Waals surface area contributed by atoms with E-state index >= 15 is 0 Å². The molecule has 2 unspecified atom stereocenters. The molecule has 2 rings (SSSR count). The van der Waals surface area contributed by atoms with E-state index in [1.54, 1.807) is 11.3 Å². The molecule has 0 bridgehead atoms. The van der Waals surface area contributed by atoms with Crippen molar-refractivity contribution in [2.24, 2.45) is 0 Å². The average molecular weight is 305 g/mol. The Balaban J connectivity index is 1.93. The summed E-state index contributed by atoms with van der Waals surface area (Å²) >= 11 is 6.11. The van der Waals surface area contributed by atoms with Gasteiger partial charge in [-0.05, 0) is 29.9 Å². The van der Waals surface area contributed by atoms with Gasteiger partial charge in [-0.15, -0.1) is 11.3 Å². The molecular formula is C16H19NOS2. The summed E-state index contributed by atoms with van der Waals surface area (Å²) in [6, 6.07) is 14.1. The number of thiophene rings is 1. The Kier molecular flexibility index (Phi) is 5.68. The Bertz CT molecular complexity index is 525. The molecular weight excluding hydrogens is 286 g/mol. The summed E-state index contributed by atoms with van der Waals surface area (Å²) < 4.78 is 0. The highest BCUT2D eigenvalue weighted by atomic mass is 32.1. The lowest BCUT2D eigenvalue weighted by Gasteiger charge is -2.18. The van der Waals surface area contributed by atoms with Gasteiger partial charge < -0.3 is 5.32 Å². The molecule has 0 aliphatic carbocycles. The van der Waals surface area contributed by atoms with Gasteiger partial charge in [-0.3, -0.25) is 4.79 Å². The smallest absolute Gasteiger partial charge is 0.233 e. The summed E-state index contributed by atoms with van der Waals surface area (Å²) in [5.41, 5.74) is 1.13. The number of hydrogen-bond donors (Lipinski definition) is 2. The molecule has 2 nitrogen and oxygen atoms in total. The third-order valence-corrected chi connectivity index (χ3v) is 4.59. The van der Waals surface area contributed by atoms with Gasteiger partial charge in [0.15, 0.2) is 0 Å². The Morgan fingerprint density at radius 3 is 2.60 bits per heavy atom. The van der Waals surface area contributed by atoms with Crippen LogP contribution in [-0.2, 0) is 11.2 Å².